The van der Waals surface area contributed by atoms with E-state index in [1.807, 2.05) is 40.1 Å². The van der Waals surface area contributed by atoms with Crippen LogP contribution in [0.3, 0.4) is 0 Å². The van der Waals surface area contributed by atoms with Crippen molar-refractivity contribution in [2.75, 3.05) is 38.3 Å². The van der Waals surface area contributed by atoms with Gasteiger partial charge in [-0.05, 0) is 25.0 Å². The standard InChI is InChI=1S/C17H22N2O3/c1-22-12-7-15(20)18-10-8-17(9-11-18)13-19(16(17)21)14-5-3-2-4-6-14/h2-6H,7-13H2,1H3. The van der Waals surface area contributed by atoms with E-state index < -0.39 is 0 Å². The number of piperidine rings is 1. The average molecular weight is 302 g/mol. The van der Waals surface area contributed by atoms with Gasteiger partial charge in [0.15, 0.2) is 0 Å². The highest BCUT2D eigenvalue weighted by molar-refractivity contribution is 6.04. The van der Waals surface area contributed by atoms with E-state index in [0.29, 0.717) is 26.1 Å². The lowest BCUT2D eigenvalue weighted by Gasteiger charge is -2.52. The lowest BCUT2D eigenvalue weighted by atomic mass is 9.70. The molecule has 0 N–H and O–H groups in total. The van der Waals surface area contributed by atoms with Crippen molar-refractivity contribution in [3.63, 3.8) is 0 Å². The summed E-state index contributed by atoms with van der Waals surface area (Å²) in [6.45, 7) is 2.59. The third-order valence-corrected chi connectivity index (χ3v) is 4.82. The SMILES string of the molecule is COCCC(=O)N1CCC2(CC1)CN(c1ccccc1)C2=O. The summed E-state index contributed by atoms with van der Waals surface area (Å²) in [6.07, 6.45) is 1.97. The number of nitrogens with zero attached hydrogens (tertiary/aromatic N) is 2. The Labute approximate surface area is 130 Å². The molecular formula is C17H22N2O3. The Bertz CT molecular complexity index is 550. The molecule has 2 fully saturated rings. The normalized spacial score (nSPS) is 20.1. The van der Waals surface area contributed by atoms with E-state index in [9.17, 15) is 9.59 Å². The largest absolute Gasteiger partial charge is 0.384 e. The van der Waals surface area contributed by atoms with Crippen LogP contribution in [0.4, 0.5) is 5.69 Å². The van der Waals surface area contributed by atoms with Gasteiger partial charge in [-0.25, -0.2) is 0 Å². The average Bonchev–Trinajstić information content (AvgIpc) is 2.58. The molecule has 5 nitrogen and oxygen atoms in total. The molecule has 2 heterocycles. The fourth-order valence-corrected chi connectivity index (χ4v) is 3.36. The second-order valence-corrected chi connectivity index (χ2v) is 6.13. The highest BCUT2D eigenvalue weighted by Crippen LogP contribution is 2.43. The molecule has 2 aliphatic rings. The van der Waals surface area contributed by atoms with Gasteiger partial charge in [0, 0.05) is 32.4 Å². The number of carbonyl (C=O) groups is 2. The summed E-state index contributed by atoms with van der Waals surface area (Å²) >= 11 is 0. The molecule has 22 heavy (non-hydrogen) atoms. The molecule has 2 aliphatic heterocycles. The van der Waals surface area contributed by atoms with Crippen LogP contribution < -0.4 is 4.90 Å². The molecule has 118 valence electrons. The van der Waals surface area contributed by atoms with Crippen molar-refractivity contribution in [2.45, 2.75) is 19.3 Å². The smallest absolute Gasteiger partial charge is 0.235 e. The number of hydrogen-bond donors (Lipinski definition) is 0. The van der Waals surface area contributed by atoms with Crippen LogP contribution in [0.2, 0.25) is 0 Å². The molecule has 2 amide bonds. The van der Waals surface area contributed by atoms with Crippen LogP contribution in [-0.2, 0) is 14.3 Å². The molecule has 2 saturated heterocycles. The Morgan fingerprint density at radius 1 is 1.23 bits per heavy atom. The minimum absolute atomic E-state index is 0.128. The highest BCUT2D eigenvalue weighted by Gasteiger charge is 2.53. The van der Waals surface area contributed by atoms with Crippen LogP contribution in [0.15, 0.2) is 30.3 Å². The number of amides is 2. The van der Waals surface area contributed by atoms with Crippen LogP contribution in [0.5, 0.6) is 0 Å². The fraction of sp³-hybridized carbons (Fsp3) is 0.529. The third kappa shape index (κ3) is 2.61. The number of methoxy groups -OCH3 is 1. The molecule has 5 heteroatoms. The zero-order valence-corrected chi connectivity index (χ0v) is 13.0. The zero-order valence-electron chi connectivity index (χ0n) is 13.0. The Balaban J connectivity index is 1.56. The van der Waals surface area contributed by atoms with E-state index in [1.54, 1.807) is 7.11 Å². The summed E-state index contributed by atoms with van der Waals surface area (Å²) in [7, 11) is 1.60. The molecule has 0 unspecified atom stereocenters. The van der Waals surface area contributed by atoms with Crippen LogP contribution in [-0.4, -0.2) is 50.1 Å². The lowest BCUT2D eigenvalue weighted by molar-refractivity contribution is -0.144. The fourth-order valence-electron chi connectivity index (χ4n) is 3.36. The number of ether oxygens (including phenoxy) is 1. The molecular weight excluding hydrogens is 280 g/mol. The quantitative estimate of drug-likeness (QED) is 0.795. The zero-order chi connectivity index (χ0) is 15.6. The molecule has 0 atom stereocenters. The van der Waals surface area contributed by atoms with E-state index in [4.69, 9.17) is 4.74 Å². The maximum absolute atomic E-state index is 12.6. The van der Waals surface area contributed by atoms with Gasteiger partial charge in [-0.1, -0.05) is 18.2 Å². The van der Waals surface area contributed by atoms with Crippen molar-refractivity contribution in [1.29, 1.82) is 0 Å². The van der Waals surface area contributed by atoms with E-state index >= 15 is 0 Å². The predicted molar refractivity (Wildman–Crippen MR) is 83.5 cm³/mol. The topological polar surface area (TPSA) is 49.9 Å². The van der Waals surface area contributed by atoms with Gasteiger partial charge in [0.25, 0.3) is 0 Å². The molecule has 0 bridgehead atoms. The van der Waals surface area contributed by atoms with Crippen molar-refractivity contribution in [2.24, 2.45) is 5.41 Å². The Morgan fingerprint density at radius 2 is 1.91 bits per heavy atom. The van der Waals surface area contributed by atoms with Crippen LogP contribution in [0.25, 0.3) is 0 Å². The van der Waals surface area contributed by atoms with Gasteiger partial charge >= 0.3 is 0 Å². The highest BCUT2D eigenvalue weighted by atomic mass is 16.5. The van der Waals surface area contributed by atoms with Crippen molar-refractivity contribution >= 4 is 17.5 Å². The van der Waals surface area contributed by atoms with Gasteiger partial charge < -0.3 is 14.5 Å². The van der Waals surface area contributed by atoms with Gasteiger partial charge in [-0.15, -0.1) is 0 Å². The maximum atomic E-state index is 12.6. The van der Waals surface area contributed by atoms with E-state index in [0.717, 1.165) is 25.1 Å². The second kappa shape index (κ2) is 6.08. The first-order valence-corrected chi connectivity index (χ1v) is 7.80. The van der Waals surface area contributed by atoms with Crippen molar-refractivity contribution in [3.05, 3.63) is 30.3 Å². The molecule has 0 saturated carbocycles. The molecule has 0 aromatic heterocycles. The van der Waals surface area contributed by atoms with Crippen molar-refractivity contribution in [1.82, 2.24) is 4.90 Å². The molecule has 0 aliphatic carbocycles. The first-order chi connectivity index (χ1) is 10.7. The summed E-state index contributed by atoms with van der Waals surface area (Å²) in [5.74, 6) is 0.339. The minimum Gasteiger partial charge on any atom is -0.384 e. The number of anilines is 1. The van der Waals surface area contributed by atoms with Crippen LogP contribution in [0, 0.1) is 5.41 Å². The summed E-state index contributed by atoms with van der Waals surface area (Å²) in [5.41, 5.74) is 0.727. The van der Waals surface area contributed by atoms with Gasteiger partial charge in [-0.2, -0.15) is 0 Å². The van der Waals surface area contributed by atoms with Gasteiger partial charge in [0.05, 0.1) is 18.4 Å². The maximum Gasteiger partial charge on any atom is 0.235 e. The molecule has 1 aromatic carbocycles. The van der Waals surface area contributed by atoms with Crippen molar-refractivity contribution in [3.8, 4) is 0 Å². The van der Waals surface area contributed by atoms with Gasteiger partial charge in [-0.3, -0.25) is 9.59 Å². The number of carbonyl (C=O) groups excluding carboxylic acids is 2. The molecule has 1 spiro atoms. The number of rotatable bonds is 4. The van der Waals surface area contributed by atoms with E-state index in [-0.39, 0.29) is 17.2 Å². The number of β-lactam (4-membered cyclic amide) rings is 1. The first kappa shape index (κ1) is 15.0. The molecule has 1 aromatic rings. The van der Waals surface area contributed by atoms with Gasteiger partial charge in [0.1, 0.15) is 0 Å². The second-order valence-electron chi connectivity index (χ2n) is 6.13. The number of hydrogen-bond acceptors (Lipinski definition) is 3. The number of benzene rings is 1. The van der Waals surface area contributed by atoms with E-state index in [1.165, 1.54) is 0 Å². The van der Waals surface area contributed by atoms with E-state index in [2.05, 4.69) is 0 Å². The lowest BCUT2D eigenvalue weighted by Crippen LogP contribution is -2.65. The first-order valence-electron chi connectivity index (χ1n) is 7.80. The molecule has 3 rings (SSSR count). The summed E-state index contributed by atoms with van der Waals surface area (Å²) in [6, 6.07) is 9.78. The number of para-hydroxylation sites is 1. The minimum atomic E-state index is -0.242. The Hall–Kier alpha value is -1.88. The van der Waals surface area contributed by atoms with Crippen molar-refractivity contribution < 1.29 is 14.3 Å². The number of likely N-dealkylation sites (tertiary alicyclic amines) is 1. The monoisotopic (exact) mass is 302 g/mol. The Kier molecular flexibility index (Phi) is 4.16. The van der Waals surface area contributed by atoms with Crippen LogP contribution in [0.1, 0.15) is 19.3 Å². The third-order valence-electron chi connectivity index (χ3n) is 4.82. The van der Waals surface area contributed by atoms with Crippen LogP contribution >= 0.6 is 0 Å². The summed E-state index contributed by atoms with van der Waals surface area (Å²) in [4.78, 5) is 28.3. The van der Waals surface area contributed by atoms with Gasteiger partial charge in [0.2, 0.25) is 11.8 Å². The predicted octanol–water partition coefficient (Wildman–Crippen LogP) is 1.68. The Morgan fingerprint density at radius 3 is 2.50 bits per heavy atom. The summed E-state index contributed by atoms with van der Waals surface area (Å²) < 4.78 is 4.95. The molecule has 0 radical (unpaired) electrons. The summed E-state index contributed by atoms with van der Waals surface area (Å²) in [5, 5.41) is 0.